The van der Waals surface area contributed by atoms with Gasteiger partial charge in [-0.05, 0) is 12.1 Å². The summed E-state index contributed by atoms with van der Waals surface area (Å²) in [6.45, 7) is 2.81. The van der Waals surface area contributed by atoms with E-state index in [2.05, 4.69) is 11.9 Å². The molecular weight excluding hydrogens is 182 g/mol. The molecule has 0 amide bonds. The van der Waals surface area contributed by atoms with Crippen molar-refractivity contribution in [1.29, 1.82) is 0 Å². The van der Waals surface area contributed by atoms with E-state index < -0.39 is 0 Å². The van der Waals surface area contributed by atoms with Crippen LogP contribution in [0.2, 0.25) is 0 Å². The summed E-state index contributed by atoms with van der Waals surface area (Å²) in [4.78, 5) is 8.25. The van der Waals surface area contributed by atoms with Crippen LogP contribution >= 0.6 is 0 Å². The topological polar surface area (TPSA) is 50.7 Å². The summed E-state index contributed by atoms with van der Waals surface area (Å²) in [5, 5.41) is 7.85. The number of rotatable bonds is 11. The van der Waals surface area contributed by atoms with Gasteiger partial charge >= 0.3 is 0 Å². The maximum Gasteiger partial charge on any atom is 0.0710 e. The highest BCUT2D eigenvalue weighted by Crippen LogP contribution is 2.07. The lowest BCUT2D eigenvalue weighted by molar-refractivity contribution is -0.369. The normalized spacial score (nSPS) is 10.7. The average Bonchev–Trinajstić information content (AvgIpc) is 2.21. The monoisotopic (exact) mass is 205 g/mol. The van der Waals surface area contributed by atoms with Crippen molar-refractivity contribution in [3.8, 4) is 0 Å². The summed E-state index contributed by atoms with van der Waals surface area (Å²) < 4.78 is 0. The van der Waals surface area contributed by atoms with Gasteiger partial charge in [-0.2, -0.15) is 0 Å². The molecule has 0 saturated carbocycles. The van der Waals surface area contributed by atoms with E-state index in [1.165, 1.54) is 44.9 Å². The second-order valence-electron chi connectivity index (χ2n) is 3.50. The van der Waals surface area contributed by atoms with Gasteiger partial charge in [-0.1, -0.05) is 51.9 Å². The molecule has 86 valence electrons. The number of hydrogen-bond donors (Lipinski definition) is 2. The van der Waals surface area contributed by atoms with Crippen molar-refractivity contribution in [1.82, 2.24) is 5.64 Å². The van der Waals surface area contributed by atoms with Crippen molar-refractivity contribution in [3.05, 3.63) is 0 Å². The van der Waals surface area contributed by atoms with Crippen LogP contribution in [0.4, 0.5) is 0 Å². The molecule has 0 aromatic carbocycles. The third kappa shape index (κ3) is 11.8. The van der Waals surface area contributed by atoms with Crippen LogP contribution in [0, 0.1) is 0 Å². The lowest BCUT2D eigenvalue weighted by atomic mass is 10.1. The van der Waals surface area contributed by atoms with Crippen LogP contribution < -0.4 is 5.64 Å². The lowest BCUT2D eigenvalue weighted by Gasteiger charge is -2.02. The molecule has 0 heterocycles. The Kier molecular flexibility index (Phi) is 12.7. The van der Waals surface area contributed by atoms with Gasteiger partial charge in [-0.15, -0.1) is 4.99 Å². The Hall–Kier alpha value is -0.160. The molecule has 0 aliphatic heterocycles. The standard InChI is InChI=1S/C10H23NO3/c1-2-3-4-5-6-7-8-9-10-13-11-14-12/h11-12H,2-10H2,1H3. The Morgan fingerprint density at radius 3 is 2.07 bits per heavy atom. The second-order valence-corrected chi connectivity index (χ2v) is 3.50. The third-order valence-corrected chi connectivity index (χ3v) is 2.20. The van der Waals surface area contributed by atoms with E-state index in [0.717, 1.165) is 6.42 Å². The van der Waals surface area contributed by atoms with Crippen LogP contribution in [0.15, 0.2) is 0 Å². The van der Waals surface area contributed by atoms with Gasteiger partial charge in [-0.25, -0.2) is 5.26 Å². The minimum atomic E-state index is 0.579. The molecule has 2 N–H and O–H groups in total. The first kappa shape index (κ1) is 13.8. The van der Waals surface area contributed by atoms with Crippen molar-refractivity contribution in [3.63, 3.8) is 0 Å². The Labute approximate surface area is 86.4 Å². The van der Waals surface area contributed by atoms with Gasteiger partial charge in [0.1, 0.15) is 0 Å². The molecule has 0 rings (SSSR count). The fourth-order valence-corrected chi connectivity index (χ4v) is 1.38. The van der Waals surface area contributed by atoms with Crippen LogP contribution in [-0.4, -0.2) is 11.9 Å². The molecule has 0 aliphatic carbocycles. The van der Waals surface area contributed by atoms with E-state index in [4.69, 9.17) is 10.1 Å². The molecular formula is C10H23NO3. The molecule has 0 atom stereocenters. The molecule has 0 spiro atoms. The van der Waals surface area contributed by atoms with Gasteiger partial charge in [0.15, 0.2) is 0 Å². The average molecular weight is 205 g/mol. The molecule has 0 aromatic rings. The zero-order chi connectivity index (χ0) is 10.5. The van der Waals surface area contributed by atoms with Crippen molar-refractivity contribution in [2.24, 2.45) is 0 Å². The van der Waals surface area contributed by atoms with E-state index in [1.807, 2.05) is 5.64 Å². The molecule has 14 heavy (non-hydrogen) atoms. The first-order chi connectivity index (χ1) is 6.91. The van der Waals surface area contributed by atoms with Gasteiger partial charge in [0.25, 0.3) is 0 Å². The number of hydrogen-bond acceptors (Lipinski definition) is 4. The fourth-order valence-electron chi connectivity index (χ4n) is 1.38. The van der Waals surface area contributed by atoms with Crippen LogP contribution in [0.1, 0.15) is 58.3 Å². The van der Waals surface area contributed by atoms with E-state index in [0.29, 0.717) is 6.61 Å². The summed E-state index contributed by atoms with van der Waals surface area (Å²) in [7, 11) is 0. The molecule has 0 aliphatic rings. The molecule has 0 radical (unpaired) electrons. The Bertz CT molecular complexity index is 89.4. The SMILES string of the molecule is CCCCCCCCCCONOO. The predicted octanol–water partition coefficient (Wildman–Crippen LogP) is 3.05. The molecule has 0 fully saturated rings. The second kappa shape index (κ2) is 12.8. The van der Waals surface area contributed by atoms with Gasteiger partial charge in [0.2, 0.25) is 0 Å². The van der Waals surface area contributed by atoms with E-state index in [-0.39, 0.29) is 0 Å². The molecule has 4 heteroatoms. The lowest BCUT2D eigenvalue weighted by Crippen LogP contribution is -2.13. The predicted molar refractivity (Wildman–Crippen MR) is 55.4 cm³/mol. The Morgan fingerprint density at radius 1 is 0.929 bits per heavy atom. The van der Waals surface area contributed by atoms with Crippen LogP contribution in [0.25, 0.3) is 0 Å². The fraction of sp³-hybridized carbons (Fsp3) is 1.00. The largest absolute Gasteiger partial charge is 0.274 e. The van der Waals surface area contributed by atoms with Gasteiger partial charge < -0.3 is 0 Å². The minimum Gasteiger partial charge on any atom is -0.274 e. The summed E-state index contributed by atoms with van der Waals surface area (Å²) in [5.41, 5.74) is 1.92. The molecule has 0 bridgehead atoms. The van der Waals surface area contributed by atoms with E-state index in [9.17, 15) is 0 Å². The smallest absolute Gasteiger partial charge is 0.0710 e. The maximum atomic E-state index is 7.85. The number of unbranched alkanes of at least 4 members (excludes halogenated alkanes) is 7. The Morgan fingerprint density at radius 2 is 1.50 bits per heavy atom. The highest BCUT2D eigenvalue weighted by molar-refractivity contribution is 4.45. The zero-order valence-corrected chi connectivity index (χ0v) is 9.13. The van der Waals surface area contributed by atoms with Crippen molar-refractivity contribution < 1.29 is 15.1 Å². The first-order valence-electron chi connectivity index (χ1n) is 5.59. The minimum absolute atomic E-state index is 0.579. The van der Waals surface area contributed by atoms with Crippen LogP contribution in [0.5, 0.6) is 0 Å². The number of nitrogens with one attached hydrogen (secondary N) is 1. The summed E-state index contributed by atoms with van der Waals surface area (Å²) in [6, 6.07) is 0. The molecule has 0 unspecified atom stereocenters. The highest BCUT2D eigenvalue weighted by Gasteiger charge is 1.91. The Balaban J connectivity index is 2.78. The first-order valence-corrected chi connectivity index (χ1v) is 5.59. The van der Waals surface area contributed by atoms with E-state index >= 15 is 0 Å². The third-order valence-electron chi connectivity index (χ3n) is 2.20. The highest BCUT2D eigenvalue weighted by atomic mass is 17.2. The molecule has 0 aromatic heterocycles. The molecule has 0 saturated heterocycles. The van der Waals surface area contributed by atoms with Crippen molar-refractivity contribution >= 4 is 0 Å². The van der Waals surface area contributed by atoms with E-state index in [1.54, 1.807) is 0 Å². The van der Waals surface area contributed by atoms with Crippen molar-refractivity contribution in [2.45, 2.75) is 58.3 Å². The maximum absolute atomic E-state index is 7.85. The van der Waals surface area contributed by atoms with Gasteiger partial charge in [0.05, 0.1) is 6.61 Å². The summed E-state index contributed by atoms with van der Waals surface area (Å²) >= 11 is 0. The van der Waals surface area contributed by atoms with Gasteiger partial charge in [-0.3, -0.25) is 4.84 Å². The molecule has 4 nitrogen and oxygen atoms in total. The zero-order valence-electron chi connectivity index (χ0n) is 9.13. The summed E-state index contributed by atoms with van der Waals surface area (Å²) in [5.74, 6) is 0. The summed E-state index contributed by atoms with van der Waals surface area (Å²) in [6.07, 6.45) is 10.2. The van der Waals surface area contributed by atoms with Crippen LogP contribution in [0.3, 0.4) is 0 Å². The van der Waals surface area contributed by atoms with Gasteiger partial charge in [0, 0.05) is 0 Å². The quantitative estimate of drug-likeness (QED) is 0.309. The van der Waals surface area contributed by atoms with Crippen molar-refractivity contribution in [2.75, 3.05) is 6.61 Å². The van der Waals surface area contributed by atoms with Crippen LogP contribution in [-0.2, 0) is 9.83 Å².